The number of aryl methyl sites for hydroxylation is 3. The zero-order valence-electron chi connectivity index (χ0n) is 13.5. The van der Waals surface area contributed by atoms with Gasteiger partial charge in [0.15, 0.2) is 0 Å². The number of aromatic nitrogens is 2. The lowest BCUT2D eigenvalue weighted by molar-refractivity contribution is -0.134. The van der Waals surface area contributed by atoms with E-state index in [-0.39, 0.29) is 18.5 Å². The van der Waals surface area contributed by atoms with Gasteiger partial charge in [-0.3, -0.25) is 14.2 Å². The second-order valence-electron chi connectivity index (χ2n) is 5.51. The summed E-state index contributed by atoms with van der Waals surface area (Å²) in [6.45, 7) is 4.07. The molecule has 0 atom stereocenters. The van der Waals surface area contributed by atoms with Gasteiger partial charge >= 0.3 is 5.97 Å². The molecule has 0 fully saturated rings. The summed E-state index contributed by atoms with van der Waals surface area (Å²) in [7, 11) is 0. The Balaban J connectivity index is 1.74. The number of ether oxygens (including phenoxy) is 1. The number of hydrogen-bond donors (Lipinski definition) is 0. The molecule has 3 aromatic rings. The van der Waals surface area contributed by atoms with Gasteiger partial charge in [0, 0.05) is 15.9 Å². The number of carbonyl (C=O) groups is 1. The number of esters is 1. The predicted molar refractivity (Wildman–Crippen MR) is 103 cm³/mol. The van der Waals surface area contributed by atoms with Crippen LogP contribution in [-0.2, 0) is 11.3 Å². The highest BCUT2D eigenvalue weighted by atomic mass is 79.9. The summed E-state index contributed by atoms with van der Waals surface area (Å²) in [6.07, 6.45) is 1.52. The third kappa shape index (κ3) is 3.78. The van der Waals surface area contributed by atoms with Crippen molar-refractivity contribution in [3.05, 3.63) is 54.8 Å². The molecule has 0 aliphatic carbocycles. The summed E-state index contributed by atoms with van der Waals surface area (Å²) in [6, 6.07) is 4.99. The number of carbonyl (C=O) groups excluding carboxylic acids is 1. The van der Waals surface area contributed by atoms with Crippen LogP contribution in [0.2, 0.25) is 5.02 Å². The van der Waals surface area contributed by atoms with Gasteiger partial charge in [0.25, 0.3) is 5.56 Å². The summed E-state index contributed by atoms with van der Waals surface area (Å²) in [5.41, 5.74) is 0.803. The van der Waals surface area contributed by atoms with Crippen LogP contribution in [0.5, 0.6) is 5.75 Å². The van der Waals surface area contributed by atoms with Crippen LogP contribution in [-0.4, -0.2) is 15.5 Å². The molecule has 1 aromatic carbocycles. The molecule has 0 aliphatic heterocycles. The number of hydrogen-bond acceptors (Lipinski definition) is 5. The largest absolute Gasteiger partial charge is 0.425 e. The second-order valence-corrected chi connectivity index (χ2v) is 8.03. The lowest BCUT2D eigenvalue weighted by Crippen LogP contribution is -2.23. The first-order valence-electron chi connectivity index (χ1n) is 7.47. The van der Waals surface area contributed by atoms with E-state index in [1.54, 1.807) is 18.2 Å². The van der Waals surface area contributed by atoms with E-state index in [1.807, 2.05) is 13.8 Å². The molecule has 0 N–H and O–H groups in total. The van der Waals surface area contributed by atoms with Crippen LogP contribution in [0.15, 0.2) is 33.8 Å². The van der Waals surface area contributed by atoms with Gasteiger partial charge in [-0.1, -0.05) is 27.5 Å². The van der Waals surface area contributed by atoms with Crippen molar-refractivity contribution in [2.24, 2.45) is 0 Å². The minimum Gasteiger partial charge on any atom is -0.425 e. The molecule has 0 saturated heterocycles. The van der Waals surface area contributed by atoms with Crippen LogP contribution in [0.1, 0.15) is 16.9 Å². The Labute approximate surface area is 161 Å². The van der Waals surface area contributed by atoms with Gasteiger partial charge in [-0.2, -0.15) is 0 Å². The third-order valence-electron chi connectivity index (χ3n) is 3.83. The van der Waals surface area contributed by atoms with E-state index in [9.17, 15) is 9.59 Å². The monoisotopic (exact) mass is 440 g/mol. The van der Waals surface area contributed by atoms with E-state index in [0.717, 1.165) is 19.7 Å². The van der Waals surface area contributed by atoms with Crippen molar-refractivity contribution in [2.45, 2.75) is 26.8 Å². The molecule has 0 unspecified atom stereocenters. The summed E-state index contributed by atoms with van der Waals surface area (Å²) in [4.78, 5) is 30.7. The number of halogens is 2. The molecule has 2 heterocycles. The fraction of sp³-hybridized carbons (Fsp3) is 0.235. The minimum atomic E-state index is -0.463. The van der Waals surface area contributed by atoms with Gasteiger partial charge in [-0.05, 0) is 37.6 Å². The van der Waals surface area contributed by atoms with E-state index in [2.05, 4.69) is 20.9 Å². The minimum absolute atomic E-state index is 0.0433. The standard InChI is InChI=1S/C17H14BrClN2O3S/c1-9-10(2)25-16-15(9)17(23)21(8-20-16)6-5-14(22)24-13-4-3-11(18)7-12(13)19/h3-4,7-8H,5-6H2,1-2H3. The van der Waals surface area contributed by atoms with Gasteiger partial charge in [0.1, 0.15) is 10.6 Å². The van der Waals surface area contributed by atoms with Crippen molar-refractivity contribution in [2.75, 3.05) is 0 Å². The highest BCUT2D eigenvalue weighted by Crippen LogP contribution is 2.28. The Morgan fingerprint density at radius 1 is 1.40 bits per heavy atom. The zero-order chi connectivity index (χ0) is 18.1. The molecule has 0 spiro atoms. The topological polar surface area (TPSA) is 61.2 Å². The first-order chi connectivity index (χ1) is 11.9. The Bertz CT molecular complexity index is 1030. The molecular weight excluding hydrogens is 428 g/mol. The van der Waals surface area contributed by atoms with Crippen LogP contribution in [0.3, 0.4) is 0 Å². The van der Waals surface area contributed by atoms with Gasteiger partial charge < -0.3 is 4.74 Å². The number of rotatable bonds is 4. The van der Waals surface area contributed by atoms with Crippen molar-refractivity contribution >= 4 is 55.1 Å². The molecule has 0 bridgehead atoms. The Morgan fingerprint density at radius 2 is 2.16 bits per heavy atom. The first kappa shape index (κ1) is 18.1. The third-order valence-corrected chi connectivity index (χ3v) is 5.73. The number of benzene rings is 1. The van der Waals surface area contributed by atoms with Crippen LogP contribution in [0, 0.1) is 13.8 Å². The van der Waals surface area contributed by atoms with E-state index in [0.29, 0.717) is 16.2 Å². The second kappa shape index (κ2) is 7.27. The van der Waals surface area contributed by atoms with Gasteiger partial charge in [0.2, 0.25) is 0 Å². The Morgan fingerprint density at radius 3 is 2.88 bits per heavy atom. The SMILES string of the molecule is Cc1sc2ncn(CCC(=O)Oc3ccc(Br)cc3Cl)c(=O)c2c1C. The quantitative estimate of drug-likeness (QED) is 0.442. The summed E-state index contributed by atoms with van der Waals surface area (Å²) in [5, 5.41) is 0.960. The summed E-state index contributed by atoms with van der Waals surface area (Å²) < 4.78 is 7.48. The molecule has 5 nitrogen and oxygen atoms in total. The molecule has 130 valence electrons. The lowest BCUT2D eigenvalue weighted by Gasteiger charge is -2.08. The smallest absolute Gasteiger partial charge is 0.313 e. The molecule has 0 amide bonds. The van der Waals surface area contributed by atoms with Crippen LogP contribution in [0.25, 0.3) is 10.2 Å². The lowest BCUT2D eigenvalue weighted by atomic mass is 10.2. The number of nitrogens with zero attached hydrogens (tertiary/aromatic N) is 2. The first-order valence-corrected chi connectivity index (χ1v) is 9.46. The van der Waals surface area contributed by atoms with Crippen molar-refractivity contribution in [3.8, 4) is 5.75 Å². The van der Waals surface area contributed by atoms with Crippen molar-refractivity contribution < 1.29 is 9.53 Å². The molecule has 2 aromatic heterocycles. The zero-order valence-corrected chi connectivity index (χ0v) is 16.7. The van der Waals surface area contributed by atoms with E-state index in [4.69, 9.17) is 16.3 Å². The fourth-order valence-electron chi connectivity index (χ4n) is 2.37. The highest BCUT2D eigenvalue weighted by molar-refractivity contribution is 9.10. The van der Waals surface area contributed by atoms with Gasteiger partial charge in [-0.15, -0.1) is 11.3 Å². The van der Waals surface area contributed by atoms with Crippen LogP contribution in [0.4, 0.5) is 0 Å². The molecule has 3 rings (SSSR count). The highest BCUT2D eigenvalue weighted by Gasteiger charge is 2.14. The average Bonchev–Trinajstić information content (AvgIpc) is 2.85. The summed E-state index contributed by atoms with van der Waals surface area (Å²) in [5.74, 6) is -0.172. The van der Waals surface area contributed by atoms with Gasteiger partial charge in [-0.25, -0.2) is 4.98 Å². The van der Waals surface area contributed by atoms with Crippen molar-refractivity contribution in [1.29, 1.82) is 0 Å². The molecule has 8 heteroatoms. The van der Waals surface area contributed by atoms with Crippen LogP contribution >= 0.6 is 38.9 Å². The molecule has 0 aliphatic rings. The van der Waals surface area contributed by atoms with Crippen LogP contribution < -0.4 is 10.3 Å². The maximum atomic E-state index is 12.6. The molecule has 0 radical (unpaired) electrons. The Hall–Kier alpha value is -1.70. The fourth-order valence-corrected chi connectivity index (χ4v) is 4.07. The Kier molecular flexibility index (Phi) is 5.27. The average molecular weight is 442 g/mol. The van der Waals surface area contributed by atoms with E-state index >= 15 is 0 Å². The molecule has 25 heavy (non-hydrogen) atoms. The van der Waals surface area contributed by atoms with E-state index < -0.39 is 5.97 Å². The number of thiophene rings is 1. The number of fused-ring (bicyclic) bond motifs is 1. The summed E-state index contributed by atoms with van der Waals surface area (Å²) >= 11 is 10.8. The van der Waals surface area contributed by atoms with Gasteiger partial charge in [0.05, 0.1) is 23.2 Å². The maximum absolute atomic E-state index is 12.6. The molecular formula is C17H14BrClN2O3S. The van der Waals surface area contributed by atoms with E-state index in [1.165, 1.54) is 22.2 Å². The molecule has 0 saturated carbocycles. The van der Waals surface area contributed by atoms with Crippen molar-refractivity contribution in [3.63, 3.8) is 0 Å². The predicted octanol–water partition coefficient (Wildman–Crippen LogP) is 4.49. The normalized spacial score (nSPS) is 11.0. The maximum Gasteiger partial charge on any atom is 0.313 e. The van der Waals surface area contributed by atoms with Crippen molar-refractivity contribution in [1.82, 2.24) is 9.55 Å².